The highest BCUT2D eigenvalue weighted by Gasteiger charge is 2.12. The molecule has 0 saturated carbocycles. The molecule has 0 aliphatic rings. The Labute approximate surface area is 127 Å². The van der Waals surface area contributed by atoms with E-state index in [0.717, 1.165) is 9.86 Å². The molecule has 0 amide bonds. The molecular formula is C13H16BrN3O2S. The number of aromatic nitrogens is 1. The van der Waals surface area contributed by atoms with Gasteiger partial charge < -0.3 is 5.32 Å². The maximum atomic E-state index is 12.0. The quantitative estimate of drug-likeness (QED) is 0.778. The van der Waals surface area contributed by atoms with Gasteiger partial charge in [-0.05, 0) is 48.1 Å². The topological polar surface area (TPSA) is 71.1 Å². The fraction of sp³-hybridized carbons (Fsp3) is 0.308. The minimum atomic E-state index is -3.35. The number of halogens is 1. The highest BCUT2D eigenvalue weighted by molar-refractivity contribution is 9.10. The second kappa shape index (κ2) is 6.51. The number of hydrogen-bond donors (Lipinski definition) is 2. The fourth-order valence-corrected chi connectivity index (χ4v) is 3.35. The summed E-state index contributed by atoms with van der Waals surface area (Å²) in [5.41, 5.74) is 1.16. The summed E-state index contributed by atoms with van der Waals surface area (Å²) in [7, 11) is -1.55. The molecule has 0 unspecified atom stereocenters. The number of para-hydroxylation sites is 1. The number of nitrogens with zero attached hydrogens (tertiary/aromatic N) is 1. The molecule has 2 rings (SSSR count). The lowest BCUT2D eigenvalue weighted by Gasteiger charge is -2.10. The number of benzene rings is 1. The average molecular weight is 358 g/mol. The van der Waals surface area contributed by atoms with Gasteiger partial charge in [0, 0.05) is 16.1 Å². The normalized spacial score (nSPS) is 11.7. The first-order chi connectivity index (χ1) is 9.52. The Bertz CT molecular complexity index is 704. The maximum absolute atomic E-state index is 12.0. The Morgan fingerprint density at radius 2 is 2.15 bits per heavy atom. The van der Waals surface area contributed by atoms with E-state index in [2.05, 4.69) is 31.0 Å². The van der Waals surface area contributed by atoms with E-state index in [1.54, 1.807) is 19.3 Å². The fourth-order valence-electron chi connectivity index (χ4n) is 1.87. The molecule has 0 bridgehead atoms. The molecule has 2 aromatic rings. The average Bonchev–Trinajstić information content (AvgIpc) is 2.38. The standard InChI is InChI=1S/C13H16BrN3O2S/c1-15-6-3-7-20(18,19)17-12-5-2-4-10-8-11(14)9-16-13(10)12/h2,4-5,8-9,15,17H,3,6-7H2,1H3. The second-order valence-electron chi connectivity index (χ2n) is 4.41. The van der Waals surface area contributed by atoms with Gasteiger partial charge in [-0.1, -0.05) is 12.1 Å². The lowest BCUT2D eigenvalue weighted by molar-refractivity contribution is 0.597. The third kappa shape index (κ3) is 3.91. The summed E-state index contributed by atoms with van der Waals surface area (Å²) in [5, 5.41) is 3.81. The van der Waals surface area contributed by atoms with Gasteiger partial charge in [0.05, 0.1) is 17.0 Å². The lowest BCUT2D eigenvalue weighted by atomic mass is 10.2. The van der Waals surface area contributed by atoms with Gasteiger partial charge in [-0.25, -0.2) is 8.42 Å². The molecule has 0 atom stereocenters. The number of hydrogen-bond acceptors (Lipinski definition) is 4. The first-order valence-corrected chi connectivity index (χ1v) is 8.66. The van der Waals surface area contributed by atoms with Crippen LogP contribution in [0.25, 0.3) is 10.9 Å². The smallest absolute Gasteiger partial charge is 0.232 e. The molecule has 20 heavy (non-hydrogen) atoms. The van der Waals surface area contributed by atoms with Crippen LogP contribution in [0.3, 0.4) is 0 Å². The van der Waals surface area contributed by atoms with Crippen molar-refractivity contribution >= 4 is 42.5 Å². The Morgan fingerprint density at radius 3 is 2.90 bits per heavy atom. The van der Waals surface area contributed by atoms with Gasteiger partial charge in [-0.15, -0.1) is 0 Å². The predicted molar refractivity (Wildman–Crippen MR) is 85.4 cm³/mol. The molecule has 1 aromatic heterocycles. The molecule has 2 N–H and O–H groups in total. The van der Waals surface area contributed by atoms with Crippen LogP contribution in [0, 0.1) is 0 Å². The predicted octanol–water partition coefficient (Wildman–Crippen LogP) is 2.35. The van der Waals surface area contributed by atoms with Crippen LogP contribution < -0.4 is 10.0 Å². The van der Waals surface area contributed by atoms with Gasteiger partial charge in [0.15, 0.2) is 0 Å². The SMILES string of the molecule is CNCCCS(=O)(=O)Nc1cccc2cc(Br)cnc12. The van der Waals surface area contributed by atoms with E-state index in [-0.39, 0.29) is 5.75 Å². The van der Waals surface area contributed by atoms with E-state index < -0.39 is 10.0 Å². The van der Waals surface area contributed by atoms with Crippen molar-refractivity contribution in [2.24, 2.45) is 0 Å². The number of sulfonamides is 1. The van der Waals surface area contributed by atoms with Crippen molar-refractivity contribution in [2.45, 2.75) is 6.42 Å². The van der Waals surface area contributed by atoms with E-state index in [1.165, 1.54) is 0 Å². The van der Waals surface area contributed by atoms with E-state index in [1.807, 2.05) is 18.2 Å². The molecule has 0 radical (unpaired) electrons. The third-order valence-electron chi connectivity index (χ3n) is 2.78. The molecule has 0 fully saturated rings. The Kier molecular flexibility index (Phi) is 4.95. The summed E-state index contributed by atoms with van der Waals surface area (Å²) >= 11 is 3.35. The molecule has 7 heteroatoms. The first-order valence-electron chi connectivity index (χ1n) is 6.21. The van der Waals surface area contributed by atoms with Crippen molar-refractivity contribution in [2.75, 3.05) is 24.1 Å². The zero-order chi connectivity index (χ0) is 14.6. The third-order valence-corrected chi connectivity index (χ3v) is 4.57. The zero-order valence-electron chi connectivity index (χ0n) is 11.1. The molecule has 0 aliphatic heterocycles. The highest BCUT2D eigenvalue weighted by Crippen LogP contribution is 2.24. The minimum Gasteiger partial charge on any atom is -0.320 e. The molecule has 1 aromatic carbocycles. The molecule has 108 valence electrons. The van der Waals surface area contributed by atoms with Crippen LogP contribution in [-0.4, -0.2) is 32.7 Å². The van der Waals surface area contributed by atoms with E-state index in [0.29, 0.717) is 24.2 Å². The summed E-state index contributed by atoms with van der Waals surface area (Å²) < 4.78 is 27.5. The van der Waals surface area contributed by atoms with E-state index in [4.69, 9.17) is 0 Å². The molecule has 0 spiro atoms. The number of fused-ring (bicyclic) bond motifs is 1. The summed E-state index contributed by atoms with van der Waals surface area (Å²) in [6.45, 7) is 0.668. The van der Waals surface area contributed by atoms with Crippen LogP contribution in [0.1, 0.15) is 6.42 Å². The van der Waals surface area contributed by atoms with Gasteiger partial charge in [0.25, 0.3) is 0 Å². The van der Waals surface area contributed by atoms with Crippen molar-refractivity contribution < 1.29 is 8.42 Å². The largest absolute Gasteiger partial charge is 0.320 e. The summed E-state index contributed by atoms with van der Waals surface area (Å²) in [4.78, 5) is 4.28. The summed E-state index contributed by atoms with van der Waals surface area (Å²) in [5.74, 6) is 0.0841. The van der Waals surface area contributed by atoms with Crippen molar-refractivity contribution in [1.82, 2.24) is 10.3 Å². The minimum absolute atomic E-state index is 0.0841. The van der Waals surface area contributed by atoms with Gasteiger partial charge in [-0.3, -0.25) is 9.71 Å². The number of nitrogens with one attached hydrogen (secondary N) is 2. The van der Waals surface area contributed by atoms with Crippen molar-refractivity contribution in [3.63, 3.8) is 0 Å². The maximum Gasteiger partial charge on any atom is 0.232 e. The van der Waals surface area contributed by atoms with Crippen LogP contribution in [-0.2, 0) is 10.0 Å². The Morgan fingerprint density at radius 1 is 1.35 bits per heavy atom. The Hall–Kier alpha value is -1.18. The van der Waals surface area contributed by atoms with E-state index in [9.17, 15) is 8.42 Å². The molecule has 0 aliphatic carbocycles. The molecule has 5 nitrogen and oxygen atoms in total. The van der Waals surface area contributed by atoms with Crippen LogP contribution in [0.15, 0.2) is 34.9 Å². The Balaban J connectivity index is 2.25. The number of anilines is 1. The van der Waals surface area contributed by atoms with Gasteiger partial charge in [-0.2, -0.15) is 0 Å². The number of rotatable bonds is 6. The number of pyridine rings is 1. The first kappa shape index (κ1) is 15.2. The van der Waals surface area contributed by atoms with Crippen molar-refractivity contribution in [1.29, 1.82) is 0 Å². The van der Waals surface area contributed by atoms with Gasteiger partial charge >= 0.3 is 0 Å². The van der Waals surface area contributed by atoms with Crippen LogP contribution >= 0.6 is 15.9 Å². The van der Waals surface area contributed by atoms with Crippen LogP contribution in [0.4, 0.5) is 5.69 Å². The van der Waals surface area contributed by atoms with Gasteiger partial charge in [0.1, 0.15) is 0 Å². The van der Waals surface area contributed by atoms with Gasteiger partial charge in [0.2, 0.25) is 10.0 Å². The molecular weight excluding hydrogens is 342 g/mol. The zero-order valence-corrected chi connectivity index (χ0v) is 13.5. The lowest BCUT2D eigenvalue weighted by Crippen LogP contribution is -2.20. The summed E-state index contributed by atoms with van der Waals surface area (Å²) in [6, 6.07) is 7.33. The second-order valence-corrected chi connectivity index (χ2v) is 7.17. The van der Waals surface area contributed by atoms with Crippen LogP contribution in [0.5, 0.6) is 0 Å². The summed E-state index contributed by atoms with van der Waals surface area (Å²) in [6.07, 6.45) is 2.22. The highest BCUT2D eigenvalue weighted by atomic mass is 79.9. The van der Waals surface area contributed by atoms with Crippen molar-refractivity contribution in [3.05, 3.63) is 34.9 Å². The van der Waals surface area contributed by atoms with Crippen LogP contribution in [0.2, 0.25) is 0 Å². The molecule has 1 heterocycles. The van der Waals surface area contributed by atoms with E-state index >= 15 is 0 Å². The monoisotopic (exact) mass is 357 g/mol. The molecule has 0 saturated heterocycles. The van der Waals surface area contributed by atoms with Crippen molar-refractivity contribution in [3.8, 4) is 0 Å².